The van der Waals surface area contributed by atoms with Gasteiger partial charge in [-0.2, -0.15) is 11.8 Å². The Kier molecular flexibility index (Phi) is 7.96. The van der Waals surface area contributed by atoms with Gasteiger partial charge in [0.15, 0.2) is 0 Å². The van der Waals surface area contributed by atoms with E-state index in [2.05, 4.69) is 10.6 Å². The summed E-state index contributed by atoms with van der Waals surface area (Å²) >= 11 is 1.43. The van der Waals surface area contributed by atoms with Gasteiger partial charge in [-0.25, -0.2) is 0 Å². The molecule has 0 spiro atoms. The topological polar surface area (TPSA) is 98.7 Å². The van der Waals surface area contributed by atoms with Crippen molar-refractivity contribution in [2.45, 2.75) is 18.5 Å². The Hall–Kier alpha value is -0.790. The summed E-state index contributed by atoms with van der Waals surface area (Å²) in [5.74, 6) is -0.726. The van der Waals surface area contributed by atoms with Gasteiger partial charge in [0.2, 0.25) is 0 Å². The van der Waals surface area contributed by atoms with E-state index in [0.717, 1.165) is 0 Å². The normalized spacial score (nSPS) is 14.4. The molecule has 0 fully saturated rings. The van der Waals surface area contributed by atoms with Crippen LogP contribution in [0.1, 0.15) is 6.42 Å². The molecule has 2 unspecified atom stereocenters. The van der Waals surface area contributed by atoms with Gasteiger partial charge in [-0.1, -0.05) is 0 Å². The van der Waals surface area contributed by atoms with Crippen molar-refractivity contribution >= 4 is 23.7 Å². The molecular formula is C9H18N2O4S. The van der Waals surface area contributed by atoms with Gasteiger partial charge in [0.25, 0.3) is 0 Å². The zero-order chi connectivity index (χ0) is 12.6. The summed E-state index contributed by atoms with van der Waals surface area (Å²) in [7, 11) is 3.18. The van der Waals surface area contributed by atoms with Gasteiger partial charge in [-0.15, -0.1) is 0 Å². The van der Waals surface area contributed by atoms with Crippen LogP contribution in [-0.2, 0) is 9.59 Å². The summed E-state index contributed by atoms with van der Waals surface area (Å²) in [6.45, 7) is 0. The molecule has 0 aromatic carbocycles. The van der Waals surface area contributed by atoms with Crippen molar-refractivity contribution in [3.05, 3.63) is 0 Å². The van der Waals surface area contributed by atoms with Crippen molar-refractivity contribution in [2.24, 2.45) is 0 Å². The van der Waals surface area contributed by atoms with Gasteiger partial charge in [0.1, 0.15) is 12.1 Å². The van der Waals surface area contributed by atoms with Crippen LogP contribution in [0.5, 0.6) is 0 Å². The van der Waals surface area contributed by atoms with Crippen LogP contribution in [0.2, 0.25) is 0 Å². The first-order valence-electron chi connectivity index (χ1n) is 4.90. The smallest absolute Gasteiger partial charge is 0.321 e. The molecule has 4 N–H and O–H groups in total. The van der Waals surface area contributed by atoms with Gasteiger partial charge < -0.3 is 20.8 Å². The fraction of sp³-hybridized carbons (Fsp3) is 0.778. The highest BCUT2D eigenvalue weighted by atomic mass is 32.2. The highest BCUT2D eigenvalue weighted by molar-refractivity contribution is 7.99. The number of carbonyl (C=O) groups is 2. The molecule has 94 valence electrons. The molecule has 0 radical (unpaired) electrons. The number of rotatable bonds is 9. The van der Waals surface area contributed by atoms with Crippen LogP contribution in [0.3, 0.4) is 0 Å². The molecule has 0 aromatic heterocycles. The Morgan fingerprint density at radius 1 is 1.12 bits per heavy atom. The molecule has 2 atom stereocenters. The molecule has 0 heterocycles. The van der Waals surface area contributed by atoms with Crippen molar-refractivity contribution in [3.8, 4) is 0 Å². The van der Waals surface area contributed by atoms with Gasteiger partial charge in [0, 0.05) is 5.75 Å². The molecular weight excluding hydrogens is 232 g/mol. The quantitative estimate of drug-likeness (QED) is 0.408. The summed E-state index contributed by atoms with van der Waals surface area (Å²) in [5.41, 5.74) is 0. The maximum absolute atomic E-state index is 10.6. The monoisotopic (exact) mass is 250 g/mol. The van der Waals surface area contributed by atoms with Crippen molar-refractivity contribution in [2.75, 3.05) is 25.6 Å². The van der Waals surface area contributed by atoms with E-state index >= 15 is 0 Å². The van der Waals surface area contributed by atoms with Crippen LogP contribution in [0.25, 0.3) is 0 Å². The molecule has 0 rings (SSSR count). The number of carboxylic acids is 2. The van der Waals surface area contributed by atoms with E-state index in [4.69, 9.17) is 10.2 Å². The lowest BCUT2D eigenvalue weighted by Gasteiger charge is -2.12. The second kappa shape index (κ2) is 8.37. The second-order valence-corrected chi connectivity index (χ2v) is 4.37. The predicted molar refractivity (Wildman–Crippen MR) is 62.9 cm³/mol. The molecule has 0 aliphatic rings. The highest BCUT2D eigenvalue weighted by Gasteiger charge is 2.17. The fourth-order valence-corrected chi connectivity index (χ4v) is 2.19. The number of hydrogen-bond acceptors (Lipinski definition) is 5. The van der Waals surface area contributed by atoms with E-state index < -0.39 is 24.0 Å². The third kappa shape index (κ3) is 5.94. The highest BCUT2D eigenvalue weighted by Crippen LogP contribution is 2.07. The zero-order valence-electron chi connectivity index (χ0n) is 9.40. The van der Waals surface area contributed by atoms with Crippen molar-refractivity contribution in [3.63, 3.8) is 0 Å². The lowest BCUT2D eigenvalue weighted by molar-refractivity contribution is -0.140. The first-order valence-corrected chi connectivity index (χ1v) is 6.06. The molecule has 6 nitrogen and oxygen atoms in total. The maximum Gasteiger partial charge on any atom is 0.321 e. The van der Waals surface area contributed by atoms with Crippen molar-refractivity contribution in [1.29, 1.82) is 0 Å². The second-order valence-electron chi connectivity index (χ2n) is 3.22. The number of hydrogen-bond donors (Lipinski definition) is 4. The third-order valence-electron chi connectivity index (χ3n) is 2.13. The summed E-state index contributed by atoms with van der Waals surface area (Å²) in [5, 5.41) is 22.8. The first kappa shape index (κ1) is 15.2. The molecule has 0 aliphatic heterocycles. The van der Waals surface area contributed by atoms with Gasteiger partial charge >= 0.3 is 11.9 Å². The molecule has 7 heteroatoms. The maximum atomic E-state index is 10.6. The minimum absolute atomic E-state index is 0.432. The van der Waals surface area contributed by atoms with E-state index in [0.29, 0.717) is 17.9 Å². The standard InChI is InChI=1S/C9H18N2O4S/c1-10-6(8(12)13)3-4-16-5-7(11-2)9(14)15/h6-7,10-11H,3-5H2,1-2H3,(H,12,13)(H,14,15). The summed E-state index contributed by atoms with van der Waals surface area (Å²) in [4.78, 5) is 21.3. The van der Waals surface area contributed by atoms with Crippen LogP contribution < -0.4 is 10.6 Å². The summed E-state index contributed by atoms with van der Waals surface area (Å²) in [6.07, 6.45) is 0.479. The van der Waals surface area contributed by atoms with E-state index in [-0.39, 0.29) is 0 Å². The Morgan fingerprint density at radius 3 is 2.00 bits per heavy atom. The molecule has 0 amide bonds. The van der Waals surface area contributed by atoms with E-state index in [1.807, 2.05) is 0 Å². The number of nitrogens with one attached hydrogen (secondary N) is 2. The van der Waals surface area contributed by atoms with Crippen LogP contribution in [0.15, 0.2) is 0 Å². The largest absolute Gasteiger partial charge is 0.480 e. The first-order chi connectivity index (χ1) is 7.52. The third-order valence-corrected chi connectivity index (χ3v) is 3.22. The molecule has 0 aliphatic carbocycles. The number of carboxylic acid groups (broad SMARTS) is 2. The molecule has 0 saturated carbocycles. The number of thioether (sulfide) groups is 1. The average molecular weight is 250 g/mol. The predicted octanol–water partition coefficient (Wildman–Crippen LogP) is -0.545. The van der Waals surface area contributed by atoms with Gasteiger partial charge in [-0.05, 0) is 26.3 Å². The SMILES string of the molecule is CNC(CCSCC(NC)C(=O)O)C(=O)O. The summed E-state index contributed by atoms with van der Waals surface area (Å²) in [6, 6.07) is -1.15. The van der Waals surface area contributed by atoms with Crippen LogP contribution in [0.4, 0.5) is 0 Å². The summed E-state index contributed by atoms with van der Waals surface area (Å²) < 4.78 is 0. The molecule has 0 saturated heterocycles. The van der Waals surface area contributed by atoms with Crippen molar-refractivity contribution < 1.29 is 19.8 Å². The minimum atomic E-state index is -0.890. The van der Waals surface area contributed by atoms with E-state index in [9.17, 15) is 9.59 Å². The fourth-order valence-electron chi connectivity index (χ4n) is 1.07. The van der Waals surface area contributed by atoms with E-state index in [1.54, 1.807) is 14.1 Å². The van der Waals surface area contributed by atoms with Crippen LogP contribution >= 0.6 is 11.8 Å². The minimum Gasteiger partial charge on any atom is -0.480 e. The zero-order valence-corrected chi connectivity index (χ0v) is 10.2. The Morgan fingerprint density at radius 2 is 1.62 bits per heavy atom. The molecule has 0 aromatic rings. The number of aliphatic carboxylic acids is 2. The lowest BCUT2D eigenvalue weighted by Crippen LogP contribution is -2.37. The lowest BCUT2D eigenvalue weighted by atomic mass is 10.2. The van der Waals surface area contributed by atoms with Crippen molar-refractivity contribution in [1.82, 2.24) is 10.6 Å². The van der Waals surface area contributed by atoms with E-state index in [1.165, 1.54) is 11.8 Å². The Balaban J connectivity index is 3.73. The molecule has 0 bridgehead atoms. The van der Waals surface area contributed by atoms with Gasteiger partial charge in [-0.3, -0.25) is 9.59 Å². The van der Waals surface area contributed by atoms with Gasteiger partial charge in [0.05, 0.1) is 0 Å². The Bertz CT molecular complexity index is 214. The average Bonchev–Trinajstić information content (AvgIpc) is 2.22. The van der Waals surface area contributed by atoms with Crippen LogP contribution in [0, 0.1) is 0 Å². The van der Waals surface area contributed by atoms with Crippen LogP contribution in [-0.4, -0.2) is 59.8 Å². The number of likely N-dealkylation sites (N-methyl/N-ethyl adjacent to an activating group) is 2. The molecule has 16 heavy (non-hydrogen) atoms. The Labute approximate surface area is 98.8 Å².